The number of thiocarbonyl (C=S) groups is 1. The Bertz CT molecular complexity index is 105. The van der Waals surface area contributed by atoms with Crippen molar-refractivity contribution in [3.05, 3.63) is 0 Å². The van der Waals surface area contributed by atoms with Crippen LogP contribution < -0.4 is 0 Å². The number of hydrogen-bond acceptors (Lipinski definition) is 4. The maximum absolute atomic E-state index is 5.12. The molecule has 0 bridgehead atoms. The summed E-state index contributed by atoms with van der Waals surface area (Å²) >= 11 is 4.82. The average Bonchev–Trinajstić information content (AvgIpc) is 1.99. The first kappa shape index (κ1) is 10.0. The van der Waals surface area contributed by atoms with Gasteiger partial charge in [0, 0.05) is 20.6 Å². The Hall–Kier alpha value is 0.0269. The van der Waals surface area contributed by atoms with Crippen molar-refractivity contribution in [1.82, 2.24) is 0 Å². The van der Waals surface area contributed by atoms with E-state index in [-0.39, 0.29) is 0 Å². The molecule has 0 amide bonds. The van der Waals surface area contributed by atoms with E-state index in [1.807, 2.05) is 6.92 Å². The molecule has 0 spiro atoms. The molecule has 0 saturated heterocycles. The first-order valence-corrected chi connectivity index (χ1v) is 4.81. The molecular formula is C5H12O3SSi. The van der Waals surface area contributed by atoms with E-state index in [4.69, 9.17) is 25.5 Å². The van der Waals surface area contributed by atoms with E-state index < -0.39 is 9.53 Å². The van der Waals surface area contributed by atoms with Gasteiger partial charge < -0.3 is 13.3 Å². The number of rotatable bonds is 4. The molecule has 0 aliphatic heterocycles. The van der Waals surface area contributed by atoms with E-state index in [2.05, 4.69) is 0 Å². The minimum Gasteiger partial charge on any atom is -0.497 e. The third kappa shape index (κ3) is 3.94. The summed E-state index contributed by atoms with van der Waals surface area (Å²) < 4.78 is 14.9. The summed E-state index contributed by atoms with van der Waals surface area (Å²) in [6.07, 6.45) is 0.728. The predicted molar refractivity (Wildman–Crippen MR) is 45.1 cm³/mol. The molecule has 0 N–H and O–H groups in total. The lowest BCUT2D eigenvalue weighted by atomic mass is 10.5. The quantitative estimate of drug-likeness (QED) is 0.471. The molecule has 0 atom stereocenters. The van der Waals surface area contributed by atoms with Gasteiger partial charge in [-0.25, -0.2) is 0 Å². The van der Waals surface area contributed by atoms with Crippen molar-refractivity contribution < 1.29 is 13.3 Å². The van der Waals surface area contributed by atoms with Crippen molar-refractivity contribution in [3.63, 3.8) is 0 Å². The molecule has 0 aromatic heterocycles. The normalized spacial score (nSPS) is 10.0. The minimum absolute atomic E-state index is 0.556. The Balaban J connectivity index is 3.52. The highest BCUT2D eigenvalue weighted by atomic mass is 32.1. The molecule has 0 unspecified atom stereocenters. The summed E-state index contributed by atoms with van der Waals surface area (Å²) in [6, 6.07) is 0. The highest BCUT2D eigenvalue weighted by molar-refractivity contribution is 7.80. The highest BCUT2D eigenvalue weighted by Crippen LogP contribution is 1.93. The lowest BCUT2D eigenvalue weighted by Crippen LogP contribution is -2.26. The van der Waals surface area contributed by atoms with Gasteiger partial charge in [0.25, 0.3) is 0 Å². The lowest BCUT2D eigenvalue weighted by Gasteiger charge is -2.11. The van der Waals surface area contributed by atoms with Crippen LogP contribution in [0.5, 0.6) is 0 Å². The zero-order chi connectivity index (χ0) is 7.98. The fourth-order valence-electron chi connectivity index (χ4n) is 0.383. The van der Waals surface area contributed by atoms with Crippen LogP contribution in [0.3, 0.4) is 0 Å². The molecule has 0 aliphatic carbocycles. The van der Waals surface area contributed by atoms with E-state index in [1.165, 1.54) is 0 Å². The van der Waals surface area contributed by atoms with Gasteiger partial charge in [-0.15, -0.1) is 0 Å². The first-order valence-electron chi connectivity index (χ1n) is 2.99. The maximum Gasteiger partial charge on any atom is 0.549 e. The SMILES string of the molecule is CCC(=S)O[SiH](OC)OC. The summed E-state index contributed by atoms with van der Waals surface area (Å²) in [5.74, 6) is 0. The van der Waals surface area contributed by atoms with Crippen LogP contribution in [-0.4, -0.2) is 28.8 Å². The summed E-state index contributed by atoms with van der Waals surface area (Å²) in [5.41, 5.74) is 0. The van der Waals surface area contributed by atoms with Crippen LogP contribution in [0.4, 0.5) is 0 Å². The van der Waals surface area contributed by atoms with Crippen molar-refractivity contribution in [1.29, 1.82) is 0 Å². The monoisotopic (exact) mass is 180 g/mol. The van der Waals surface area contributed by atoms with Gasteiger partial charge in [0.2, 0.25) is 0 Å². The van der Waals surface area contributed by atoms with Gasteiger partial charge >= 0.3 is 9.53 Å². The van der Waals surface area contributed by atoms with Gasteiger partial charge in [0.1, 0.15) is 5.05 Å². The van der Waals surface area contributed by atoms with E-state index in [0.717, 1.165) is 6.42 Å². The van der Waals surface area contributed by atoms with Crippen LogP contribution in [0.25, 0.3) is 0 Å². The maximum atomic E-state index is 5.12. The molecule has 0 heterocycles. The summed E-state index contributed by atoms with van der Waals surface area (Å²) in [4.78, 5) is 0. The zero-order valence-electron chi connectivity index (χ0n) is 6.42. The Morgan fingerprint density at radius 3 is 2.20 bits per heavy atom. The van der Waals surface area contributed by atoms with Crippen LogP contribution in [0.15, 0.2) is 0 Å². The van der Waals surface area contributed by atoms with Crippen LogP contribution in [0, 0.1) is 0 Å². The second kappa shape index (κ2) is 5.78. The standard InChI is InChI=1S/C5H12O3SSi/c1-4-5(9)8-10(6-2)7-3/h10H,4H2,1-3H3. The Kier molecular flexibility index (Phi) is 5.80. The van der Waals surface area contributed by atoms with Gasteiger partial charge in [-0.3, -0.25) is 0 Å². The molecule has 5 heteroatoms. The summed E-state index contributed by atoms with van der Waals surface area (Å²) in [5, 5.41) is 0.556. The molecule has 3 nitrogen and oxygen atoms in total. The topological polar surface area (TPSA) is 27.7 Å². The van der Waals surface area contributed by atoms with Crippen molar-refractivity contribution in [2.24, 2.45) is 0 Å². The molecule has 0 saturated carbocycles. The predicted octanol–water partition coefficient (Wildman–Crippen LogP) is 0.750. The van der Waals surface area contributed by atoms with E-state index in [0.29, 0.717) is 5.05 Å². The van der Waals surface area contributed by atoms with Gasteiger partial charge in [0.05, 0.1) is 0 Å². The molecule has 0 aromatic rings. The van der Waals surface area contributed by atoms with E-state index in [9.17, 15) is 0 Å². The van der Waals surface area contributed by atoms with E-state index >= 15 is 0 Å². The van der Waals surface area contributed by atoms with Crippen molar-refractivity contribution >= 4 is 26.8 Å². The fraction of sp³-hybridized carbons (Fsp3) is 0.800. The second-order valence-corrected chi connectivity index (χ2v) is 3.81. The molecule has 60 valence electrons. The molecule has 0 aliphatic rings. The molecule has 10 heavy (non-hydrogen) atoms. The van der Waals surface area contributed by atoms with Crippen molar-refractivity contribution in [2.75, 3.05) is 14.2 Å². The van der Waals surface area contributed by atoms with E-state index in [1.54, 1.807) is 14.2 Å². The molecule has 0 radical (unpaired) electrons. The number of hydrogen-bond donors (Lipinski definition) is 0. The second-order valence-electron chi connectivity index (χ2n) is 1.60. The Labute approximate surface area is 68.2 Å². The van der Waals surface area contributed by atoms with Crippen molar-refractivity contribution in [3.8, 4) is 0 Å². The third-order valence-corrected chi connectivity index (χ3v) is 2.70. The molecule has 0 rings (SSSR count). The van der Waals surface area contributed by atoms with Gasteiger partial charge in [-0.1, -0.05) is 6.92 Å². The Morgan fingerprint density at radius 1 is 1.40 bits per heavy atom. The summed E-state index contributed by atoms with van der Waals surface area (Å²) in [6.45, 7) is 1.93. The lowest BCUT2D eigenvalue weighted by molar-refractivity contribution is 0.198. The summed E-state index contributed by atoms with van der Waals surface area (Å²) in [7, 11) is 1.20. The first-order chi connectivity index (χ1) is 4.74. The zero-order valence-corrected chi connectivity index (χ0v) is 8.39. The van der Waals surface area contributed by atoms with Crippen LogP contribution in [0.1, 0.15) is 13.3 Å². The van der Waals surface area contributed by atoms with Gasteiger partial charge in [-0.2, -0.15) is 0 Å². The highest BCUT2D eigenvalue weighted by Gasteiger charge is 2.12. The third-order valence-electron chi connectivity index (χ3n) is 0.901. The van der Waals surface area contributed by atoms with Crippen LogP contribution >= 0.6 is 12.2 Å². The minimum atomic E-state index is -1.91. The van der Waals surface area contributed by atoms with Gasteiger partial charge in [0.15, 0.2) is 0 Å². The average molecular weight is 180 g/mol. The van der Waals surface area contributed by atoms with Crippen LogP contribution in [-0.2, 0) is 13.3 Å². The Morgan fingerprint density at radius 2 is 1.90 bits per heavy atom. The van der Waals surface area contributed by atoms with Crippen LogP contribution in [0.2, 0.25) is 0 Å². The molecule has 0 fully saturated rings. The fourth-order valence-corrected chi connectivity index (χ4v) is 1.39. The van der Waals surface area contributed by atoms with Crippen molar-refractivity contribution in [2.45, 2.75) is 13.3 Å². The molecule has 0 aromatic carbocycles. The largest absolute Gasteiger partial charge is 0.549 e. The smallest absolute Gasteiger partial charge is 0.497 e. The molecular weight excluding hydrogens is 168 g/mol. The van der Waals surface area contributed by atoms with Gasteiger partial charge in [-0.05, 0) is 12.2 Å².